The van der Waals surface area contributed by atoms with Gasteiger partial charge in [-0.2, -0.15) is 0 Å². The summed E-state index contributed by atoms with van der Waals surface area (Å²) in [6, 6.07) is 0. The quantitative estimate of drug-likeness (QED) is 0.644. The summed E-state index contributed by atoms with van der Waals surface area (Å²) in [5.41, 5.74) is 6.49. The zero-order valence-corrected chi connectivity index (χ0v) is 7.42. The molecule has 1 N–H and O–H groups in total. The molecule has 0 aromatic rings. The first-order valence-corrected chi connectivity index (χ1v) is 5.15. The molecule has 3 nitrogen and oxygen atoms in total. The van der Waals surface area contributed by atoms with Crippen molar-refractivity contribution in [2.75, 3.05) is 12.5 Å². The molecule has 1 radical (unpaired) electrons. The molecule has 1 aliphatic rings. The lowest BCUT2D eigenvalue weighted by molar-refractivity contribution is 0.638. The second kappa shape index (κ2) is 3.78. The number of hydrogen-bond acceptors (Lipinski definition) is 4. The van der Waals surface area contributed by atoms with Gasteiger partial charge in [0.2, 0.25) is 0 Å². The average Bonchev–Trinajstić information content (AvgIpc) is 2.05. The highest BCUT2D eigenvalue weighted by Gasteiger charge is 2.03. The van der Waals surface area contributed by atoms with E-state index < -0.39 is 0 Å². The van der Waals surface area contributed by atoms with E-state index in [4.69, 9.17) is 0 Å². The Morgan fingerprint density at radius 3 is 2.80 bits per heavy atom. The summed E-state index contributed by atoms with van der Waals surface area (Å²) < 4.78 is 0. The largest absolute Gasteiger partial charge is 0.253 e. The predicted octanol–water partition coefficient (Wildman–Crippen LogP) is 0.990. The first kappa shape index (κ1) is 7.81. The standard InChI is InChI=1S/C5H8N3S2/c1-9-4-3-5(10-2)7-8-6-4/h3,6H,1-2H3. The van der Waals surface area contributed by atoms with E-state index in [2.05, 4.69) is 16.1 Å². The average molecular weight is 174 g/mol. The van der Waals surface area contributed by atoms with Gasteiger partial charge >= 0.3 is 0 Å². The maximum absolute atomic E-state index is 3.85. The lowest BCUT2D eigenvalue weighted by Gasteiger charge is -2.09. The highest BCUT2D eigenvalue weighted by molar-refractivity contribution is 8.13. The van der Waals surface area contributed by atoms with Crippen LogP contribution in [0.25, 0.3) is 0 Å². The third-order valence-corrected chi connectivity index (χ3v) is 2.26. The van der Waals surface area contributed by atoms with E-state index in [-0.39, 0.29) is 0 Å². The molecule has 0 atom stereocenters. The van der Waals surface area contributed by atoms with Crippen LogP contribution >= 0.6 is 23.5 Å². The molecule has 1 aliphatic heterocycles. The van der Waals surface area contributed by atoms with E-state index in [9.17, 15) is 0 Å². The molecule has 0 aromatic heterocycles. The van der Waals surface area contributed by atoms with Gasteiger partial charge < -0.3 is 0 Å². The first-order chi connectivity index (χ1) is 4.86. The Bertz CT molecular complexity index is 176. The lowest BCUT2D eigenvalue weighted by Crippen LogP contribution is -2.23. The molecule has 0 aromatic carbocycles. The predicted molar refractivity (Wildman–Crippen MR) is 47.8 cm³/mol. The molecule has 10 heavy (non-hydrogen) atoms. The van der Waals surface area contributed by atoms with E-state index in [1.165, 1.54) is 0 Å². The van der Waals surface area contributed by atoms with Gasteiger partial charge in [0.1, 0.15) is 5.04 Å². The Kier molecular flexibility index (Phi) is 2.95. The van der Waals surface area contributed by atoms with E-state index in [0.29, 0.717) is 0 Å². The Labute approximate surface area is 68.7 Å². The van der Waals surface area contributed by atoms with Crippen LogP contribution in [-0.4, -0.2) is 17.6 Å². The van der Waals surface area contributed by atoms with Gasteiger partial charge in [-0.25, -0.2) is 0 Å². The van der Waals surface area contributed by atoms with E-state index in [0.717, 1.165) is 10.1 Å². The van der Waals surface area contributed by atoms with Gasteiger partial charge in [0.15, 0.2) is 0 Å². The third-order valence-electron chi connectivity index (χ3n) is 0.992. The normalized spacial score (nSPS) is 16.6. The molecule has 0 fully saturated rings. The fraction of sp³-hybridized carbons (Fsp3) is 0.400. The summed E-state index contributed by atoms with van der Waals surface area (Å²) >= 11 is 3.22. The first-order valence-electron chi connectivity index (χ1n) is 2.70. The number of nitrogens with zero attached hydrogens (tertiary/aromatic N) is 2. The van der Waals surface area contributed by atoms with Gasteiger partial charge in [-0.1, -0.05) is 5.53 Å². The van der Waals surface area contributed by atoms with Crippen molar-refractivity contribution in [2.45, 2.75) is 0 Å². The van der Waals surface area contributed by atoms with Crippen LogP contribution in [0, 0.1) is 0 Å². The number of hydrogen-bond donors (Lipinski definition) is 1. The molecule has 0 saturated heterocycles. The maximum Gasteiger partial charge on any atom is 0.123 e. The van der Waals surface area contributed by atoms with Gasteiger partial charge in [-0.3, -0.25) is 5.43 Å². The summed E-state index contributed by atoms with van der Waals surface area (Å²) in [6.07, 6.45) is 5.95. The SMILES string of the molecule is CSC1=CC(SC)=N[N]N1. The molecule has 0 amide bonds. The minimum absolute atomic E-state index is 0.947. The van der Waals surface area contributed by atoms with Crippen LogP contribution in [0.1, 0.15) is 0 Å². The summed E-state index contributed by atoms with van der Waals surface area (Å²) in [6.45, 7) is 0. The van der Waals surface area contributed by atoms with Crippen molar-refractivity contribution in [1.82, 2.24) is 11.0 Å². The molecule has 0 spiro atoms. The molecule has 0 bridgehead atoms. The van der Waals surface area contributed by atoms with Crippen molar-refractivity contribution in [1.29, 1.82) is 0 Å². The minimum atomic E-state index is 0.947. The topological polar surface area (TPSA) is 38.5 Å². The van der Waals surface area contributed by atoms with Gasteiger partial charge in [0.25, 0.3) is 0 Å². The summed E-state index contributed by atoms with van der Waals surface area (Å²) in [7, 11) is 0. The second-order valence-electron chi connectivity index (χ2n) is 1.57. The van der Waals surface area contributed by atoms with Crippen LogP contribution in [0.3, 0.4) is 0 Å². The number of thioether (sulfide) groups is 2. The van der Waals surface area contributed by atoms with Gasteiger partial charge in [0, 0.05) is 6.08 Å². The number of nitrogens with one attached hydrogen (secondary N) is 1. The second-order valence-corrected chi connectivity index (χ2v) is 3.24. The zero-order valence-electron chi connectivity index (χ0n) is 5.79. The van der Waals surface area contributed by atoms with Crippen molar-refractivity contribution in [3.8, 4) is 0 Å². The molecule has 0 saturated carbocycles. The highest BCUT2D eigenvalue weighted by Crippen LogP contribution is 2.12. The lowest BCUT2D eigenvalue weighted by atomic mass is 10.6. The van der Waals surface area contributed by atoms with Gasteiger partial charge in [-0.15, -0.1) is 28.6 Å². The van der Waals surface area contributed by atoms with E-state index in [1.54, 1.807) is 23.5 Å². The van der Waals surface area contributed by atoms with Crippen LogP contribution < -0.4 is 11.0 Å². The Morgan fingerprint density at radius 1 is 1.40 bits per heavy atom. The molecule has 55 valence electrons. The molecule has 1 rings (SSSR count). The Morgan fingerprint density at radius 2 is 2.20 bits per heavy atom. The zero-order chi connectivity index (χ0) is 7.40. The van der Waals surface area contributed by atoms with Crippen molar-refractivity contribution >= 4 is 28.6 Å². The van der Waals surface area contributed by atoms with Crippen LogP contribution in [0.5, 0.6) is 0 Å². The molecular weight excluding hydrogens is 166 g/mol. The van der Waals surface area contributed by atoms with Crippen LogP contribution in [-0.2, 0) is 0 Å². The molecule has 1 heterocycles. The molecular formula is C5H8N3S2. The van der Waals surface area contributed by atoms with Crippen molar-refractivity contribution in [3.63, 3.8) is 0 Å². The van der Waals surface area contributed by atoms with Crippen molar-refractivity contribution in [3.05, 3.63) is 11.1 Å². The van der Waals surface area contributed by atoms with Crippen LogP contribution in [0.15, 0.2) is 16.2 Å². The van der Waals surface area contributed by atoms with Crippen molar-refractivity contribution in [2.24, 2.45) is 5.10 Å². The monoisotopic (exact) mass is 174 g/mol. The molecule has 0 aliphatic carbocycles. The fourth-order valence-electron chi connectivity index (χ4n) is 0.501. The molecule has 5 heteroatoms. The van der Waals surface area contributed by atoms with E-state index in [1.807, 2.05) is 18.6 Å². The van der Waals surface area contributed by atoms with Gasteiger partial charge in [0.05, 0.1) is 5.03 Å². The summed E-state index contributed by atoms with van der Waals surface area (Å²) in [5.74, 6) is 0. The summed E-state index contributed by atoms with van der Waals surface area (Å²) in [4.78, 5) is 0. The third kappa shape index (κ3) is 1.85. The fourth-order valence-corrected chi connectivity index (χ4v) is 1.30. The van der Waals surface area contributed by atoms with Crippen molar-refractivity contribution < 1.29 is 0 Å². The smallest absolute Gasteiger partial charge is 0.123 e. The minimum Gasteiger partial charge on any atom is -0.253 e. The highest BCUT2D eigenvalue weighted by atomic mass is 32.2. The van der Waals surface area contributed by atoms with E-state index >= 15 is 0 Å². The Hall–Kier alpha value is -0.290. The Balaban J connectivity index is 2.61. The van der Waals surface area contributed by atoms with Crippen LogP contribution in [0.4, 0.5) is 0 Å². The summed E-state index contributed by atoms with van der Waals surface area (Å²) in [5, 5.41) is 5.84. The number of rotatable bonds is 1. The maximum atomic E-state index is 3.85. The van der Waals surface area contributed by atoms with Gasteiger partial charge in [-0.05, 0) is 12.5 Å². The molecule has 0 unspecified atom stereocenters. The van der Waals surface area contributed by atoms with Crippen LogP contribution in [0.2, 0.25) is 0 Å².